The molecule has 20 heavy (non-hydrogen) atoms. The molecular weight excluding hydrogens is 272 g/mol. The molecular formula is C12H18O8. The molecule has 114 valence electrons. The lowest BCUT2D eigenvalue weighted by atomic mass is 9.99. The highest BCUT2D eigenvalue weighted by atomic mass is 16.7. The molecule has 8 nitrogen and oxygen atoms in total. The van der Waals surface area contributed by atoms with Crippen LogP contribution < -0.4 is 0 Å². The lowest BCUT2D eigenvalue weighted by molar-refractivity contribution is -0.288. The molecule has 8 heteroatoms. The van der Waals surface area contributed by atoms with E-state index in [1.165, 1.54) is 13.8 Å². The average Bonchev–Trinajstić information content (AvgIpc) is 2.27. The molecule has 1 aliphatic heterocycles. The maximum atomic E-state index is 11.2. The quantitative estimate of drug-likeness (QED) is 0.548. The molecule has 0 aromatic carbocycles. The van der Waals surface area contributed by atoms with Crippen molar-refractivity contribution >= 4 is 17.9 Å². The van der Waals surface area contributed by atoms with Crippen LogP contribution in [0.15, 0.2) is 0 Å². The Morgan fingerprint density at radius 2 is 1.25 bits per heavy atom. The lowest BCUT2D eigenvalue weighted by Crippen LogP contribution is -2.60. The van der Waals surface area contributed by atoms with E-state index in [0.717, 1.165) is 13.8 Å². The number of esters is 3. The fourth-order valence-electron chi connectivity index (χ4n) is 1.99. The third-order valence-corrected chi connectivity index (χ3v) is 2.65. The number of hydrogen-bond acceptors (Lipinski definition) is 8. The molecule has 0 amide bonds. The van der Waals surface area contributed by atoms with Gasteiger partial charge in [-0.15, -0.1) is 0 Å². The Bertz CT molecular complexity index is 365. The van der Waals surface area contributed by atoms with E-state index < -0.39 is 48.6 Å². The number of carbonyl (C=O) groups is 3. The third kappa shape index (κ3) is 4.17. The summed E-state index contributed by atoms with van der Waals surface area (Å²) in [5.41, 5.74) is 0. The zero-order valence-electron chi connectivity index (χ0n) is 11.7. The van der Waals surface area contributed by atoms with Crippen LogP contribution in [0.2, 0.25) is 0 Å². The van der Waals surface area contributed by atoms with Crippen molar-refractivity contribution in [3.8, 4) is 0 Å². The van der Waals surface area contributed by atoms with Gasteiger partial charge in [-0.1, -0.05) is 0 Å². The summed E-state index contributed by atoms with van der Waals surface area (Å²) in [6.07, 6.45) is -5.60. The Kier molecular flexibility index (Phi) is 5.46. The van der Waals surface area contributed by atoms with Crippen molar-refractivity contribution in [3.05, 3.63) is 0 Å². The Morgan fingerprint density at radius 3 is 1.70 bits per heavy atom. The van der Waals surface area contributed by atoms with Gasteiger partial charge in [0.05, 0.1) is 6.10 Å². The van der Waals surface area contributed by atoms with Crippen LogP contribution in [0.3, 0.4) is 0 Å². The van der Waals surface area contributed by atoms with Crippen molar-refractivity contribution in [1.29, 1.82) is 0 Å². The molecule has 1 fully saturated rings. The minimum Gasteiger partial charge on any atom is -0.456 e. The highest BCUT2D eigenvalue weighted by Crippen LogP contribution is 2.27. The van der Waals surface area contributed by atoms with Gasteiger partial charge in [0.1, 0.15) is 0 Å². The Labute approximate surface area is 115 Å². The number of ether oxygens (including phenoxy) is 4. The molecule has 0 aliphatic carbocycles. The van der Waals surface area contributed by atoms with Crippen LogP contribution in [0.4, 0.5) is 0 Å². The van der Waals surface area contributed by atoms with Crippen LogP contribution in [0.5, 0.6) is 0 Å². The fraction of sp³-hybridized carbons (Fsp3) is 0.750. The molecule has 0 bridgehead atoms. The average molecular weight is 290 g/mol. The molecule has 1 rings (SSSR count). The van der Waals surface area contributed by atoms with Gasteiger partial charge in [-0.25, -0.2) is 0 Å². The zero-order chi connectivity index (χ0) is 15.4. The van der Waals surface area contributed by atoms with Gasteiger partial charge in [-0.2, -0.15) is 0 Å². The number of aliphatic hydroxyl groups is 1. The van der Waals surface area contributed by atoms with Crippen LogP contribution in [-0.2, 0) is 33.3 Å². The van der Waals surface area contributed by atoms with E-state index in [2.05, 4.69) is 0 Å². The lowest BCUT2D eigenvalue weighted by Gasteiger charge is -2.41. The van der Waals surface area contributed by atoms with Gasteiger partial charge >= 0.3 is 17.9 Å². The topological polar surface area (TPSA) is 108 Å². The van der Waals surface area contributed by atoms with Crippen molar-refractivity contribution in [2.24, 2.45) is 0 Å². The summed E-state index contributed by atoms with van der Waals surface area (Å²) >= 11 is 0. The monoisotopic (exact) mass is 290 g/mol. The van der Waals surface area contributed by atoms with Crippen molar-refractivity contribution in [3.63, 3.8) is 0 Å². The summed E-state index contributed by atoms with van der Waals surface area (Å²) in [6.45, 7) is 5.01. The molecule has 1 unspecified atom stereocenters. The summed E-state index contributed by atoms with van der Waals surface area (Å²) in [4.78, 5) is 33.3. The van der Waals surface area contributed by atoms with Crippen LogP contribution >= 0.6 is 0 Å². The standard InChI is InChI=1S/C12H18O8/c1-5-9(18-6(2)13)10(19-7(3)14)11(12(16)17-5)20-8(4)15/h5,9-12,16H,1-4H3/t5-,9+,10+,11-,12?/m1/s1. The van der Waals surface area contributed by atoms with E-state index in [1.54, 1.807) is 0 Å². The van der Waals surface area contributed by atoms with E-state index in [0.29, 0.717) is 0 Å². The molecule has 0 aromatic rings. The first-order valence-corrected chi connectivity index (χ1v) is 6.07. The first-order valence-electron chi connectivity index (χ1n) is 6.07. The Morgan fingerprint density at radius 1 is 0.850 bits per heavy atom. The second-order valence-corrected chi connectivity index (χ2v) is 4.45. The molecule has 0 spiro atoms. The van der Waals surface area contributed by atoms with Crippen molar-refractivity contribution in [2.45, 2.75) is 58.4 Å². The summed E-state index contributed by atoms with van der Waals surface area (Å²) in [7, 11) is 0. The van der Waals surface area contributed by atoms with Crippen LogP contribution in [-0.4, -0.2) is 53.7 Å². The van der Waals surface area contributed by atoms with Gasteiger partial charge in [-0.3, -0.25) is 14.4 Å². The first-order chi connectivity index (χ1) is 9.22. The fourth-order valence-corrected chi connectivity index (χ4v) is 1.99. The predicted molar refractivity (Wildman–Crippen MR) is 63.2 cm³/mol. The minimum atomic E-state index is -1.48. The van der Waals surface area contributed by atoms with E-state index in [9.17, 15) is 19.5 Å². The van der Waals surface area contributed by atoms with E-state index in [1.807, 2.05) is 0 Å². The summed E-state index contributed by atoms with van der Waals surface area (Å²) in [5, 5.41) is 9.79. The molecule has 1 saturated heterocycles. The summed E-state index contributed by atoms with van der Waals surface area (Å²) < 4.78 is 20.1. The molecule has 0 saturated carbocycles. The van der Waals surface area contributed by atoms with Gasteiger partial charge in [0.15, 0.2) is 24.6 Å². The molecule has 0 aromatic heterocycles. The molecule has 1 aliphatic rings. The second kappa shape index (κ2) is 6.67. The van der Waals surface area contributed by atoms with E-state index in [4.69, 9.17) is 18.9 Å². The van der Waals surface area contributed by atoms with Gasteiger partial charge in [0, 0.05) is 20.8 Å². The summed E-state index contributed by atoms with van der Waals surface area (Å²) in [5.74, 6) is -1.96. The van der Waals surface area contributed by atoms with Crippen molar-refractivity contribution in [1.82, 2.24) is 0 Å². The molecule has 0 radical (unpaired) electrons. The third-order valence-electron chi connectivity index (χ3n) is 2.65. The maximum Gasteiger partial charge on any atom is 0.303 e. The number of aliphatic hydroxyl groups excluding tert-OH is 1. The van der Waals surface area contributed by atoms with Crippen molar-refractivity contribution < 1.29 is 38.4 Å². The molecule has 1 N–H and O–H groups in total. The largest absolute Gasteiger partial charge is 0.456 e. The van der Waals surface area contributed by atoms with E-state index >= 15 is 0 Å². The van der Waals surface area contributed by atoms with Gasteiger partial charge in [-0.05, 0) is 6.92 Å². The zero-order valence-corrected chi connectivity index (χ0v) is 11.7. The Balaban J connectivity index is 3.01. The second-order valence-electron chi connectivity index (χ2n) is 4.45. The van der Waals surface area contributed by atoms with Crippen LogP contribution in [0.1, 0.15) is 27.7 Å². The number of carbonyl (C=O) groups excluding carboxylic acids is 3. The van der Waals surface area contributed by atoms with Crippen LogP contribution in [0.25, 0.3) is 0 Å². The first kappa shape index (κ1) is 16.4. The molecule has 1 heterocycles. The maximum absolute atomic E-state index is 11.2. The SMILES string of the molecule is CC(=O)O[C@@H]1[C@H](OC(C)=O)[C@@H](OC(C)=O)C(O)O[C@@H]1C. The summed E-state index contributed by atoms with van der Waals surface area (Å²) in [6, 6.07) is 0. The van der Waals surface area contributed by atoms with Crippen LogP contribution in [0, 0.1) is 0 Å². The number of hydrogen-bond donors (Lipinski definition) is 1. The van der Waals surface area contributed by atoms with Gasteiger partial charge < -0.3 is 24.1 Å². The normalized spacial score (nSPS) is 33.1. The van der Waals surface area contributed by atoms with Crippen molar-refractivity contribution in [2.75, 3.05) is 0 Å². The molecule has 5 atom stereocenters. The predicted octanol–water partition coefficient (Wildman–Crippen LogP) is -0.481. The highest BCUT2D eigenvalue weighted by molar-refractivity contribution is 5.68. The minimum absolute atomic E-state index is 0.611. The highest BCUT2D eigenvalue weighted by Gasteiger charge is 2.49. The Hall–Kier alpha value is -1.67. The number of rotatable bonds is 3. The smallest absolute Gasteiger partial charge is 0.303 e. The van der Waals surface area contributed by atoms with E-state index in [-0.39, 0.29) is 0 Å². The van der Waals surface area contributed by atoms with Gasteiger partial charge in [0.25, 0.3) is 0 Å². The van der Waals surface area contributed by atoms with Gasteiger partial charge in [0.2, 0.25) is 0 Å².